The lowest BCUT2D eigenvalue weighted by atomic mass is 10.1. The fourth-order valence-corrected chi connectivity index (χ4v) is 2.82. The van der Waals surface area contributed by atoms with E-state index in [2.05, 4.69) is 10.3 Å². The molecule has 3 rings (SSSR count). The molecule has 2 aliphatic heterocycles. The van der Waals surface area contributed by atoms with Crippen LogP contribution in [0.3, 0.4) is 0 Å². The van der Waals surface area contributed by atoms with Crippen molar-refractivity contribution in [3.05, 3.63) is 41.1 Å². The fourth-order valence-electron chi connectivity index (χ4n) is 2.82. The topological polar surface area (TPSA) is 89.5 Å². The average Bonchev–Trinajstić information content (AvgIpc) is 3.20. The standard InChI is InChI=1S/C17H19N3O5/c1-23-16(21)12-9-25-10-20(14(12)17(22)24-2)13-6-4-3-5-11(13)15-18-7-8-19-15/h3-6H,7-10H2,1-2H3,(H,18,19). The van der Waals surface area contributed by atoms with Gasteiger partial charge in [0.25, 0.3) is 0 Å². The van der Waals surface area contributed by atoms with E-state index in [1.807, 2.05) is 24.3 Å². The molecule has 2 heterocycles. The van der Waals surface area contributed by atoms with E-state index in [1.54, 1.807) is 4.90 Å². The molecule has 0 amide bonds. The van der Waals surface area contributed by atoms with E-state index in [-0.39, 0.29) is 24.6 Å². The third-order valence-corrected chi connectivity index (χ3v) is 3.96. The summed E-state index contributed by atoms with van der Waals surface area (Å²) in [5.74, 6) is -0.510. The van der Waals surface area contributed by atoms with Crippen LogP contribution in [0.25, 0.3) is 0 Å². The van der Waals surface area contributed by atoms with Crippen molar-refractivity contribution in [2.75, 3.05) is 45.5 Å². The van der Waals surface area contributed by atoms with Gasteiger partial charge in [0.2, 0.25) is 0 Å². The molecule has 1 aromatic carbocycles. The van der Waals surface area contributed by atoms with Crippen molar-refractivity contribution < 1.29 is 23.8 Å². The summed E-state index contributed by atoms with van der Waals surface area (Å²) in [4.78, 5) is 30.5. The van der Waals surface area contributed by atoms with Crippen LogP contribution >= 0.6 is 0 Å². The number of hydrogen-bond acceptors (Lipinski definition) is 8. The predicted octanol–water partition coefficient (Wildman–Crippen LogP) is 0.431. The SMILES string of the molecule is COC(=O)C1=C(C(=O)OC)N(c2ccccc2C2=NCCN2)COC1. The number of rotatable bonds is 4. The minimum atomic E-state index is -0.626. The molecule has 25 heavy (non-hydrogen) atoms. The van der Waals surface area contributed by atoms with Crippen LogP contribution in [-0.4, -0.2) is 58.4 Å². The maximum Gasteiger partial charge on any atom is 0.355 e. The van der Waals surface area contributed by atoms with Gasteiger partial charge in [-0.25, -0.2) is 9.59 Å². The first-order valence-corrected chi connectivity index (χ1v) is 7.80. The Balaban J connectivity index is 2.12. The van der Waals surface area contributed by atoms with Crippen molar-refractivity contribution in [1.29, 1.82) is 0 Å². The van der Waals surface area contributed by atoms with E-state index in [0.29, 0.717) is 12.2 Å². The third kappa shape index (κ3) is 3.20. The molecule has 0 saturated carbocycles. The normalized spacial score (nSPS) is 17.0. The number of anilines is 1. The van der Waals surface area contributed by atoms with Gasteiger partial charge in [-0.05, 0) is 12.1 Å². The summed E-state index contributed by atoms with van der Waals surface area (Å²) in [6.45, 7) is 1.53. The van der Waals surface area contributed by atoms with Gasteiger partial charge in [-0.1, -0.05) is 12.1 Å². The van der Waals surface area contributed by atoms with Gasteiger partial charge in [-0.2, -0.15) is 0 Å². The lowest BCUT2D eigenvalue weighted by Crippen LogP contribution is -2.39. The maximum absolute atomic E-state index is 12.4. The Hall–Kier alpha value is -2.87. The highest BCUT2D eigenvalue weighted by molar-refractivity contribution is 6.08. The molecule has 0 aliphatic carbocycles. The molecule has 0 aromatic heterocycles. The quantitative estimate of drug-likeness (QED) is 0.792. The summed E-state index contributed by atoms with van der Waals surface area (Å²) in [7, 11) is 2.53. The zero-order valence-corrected chi connectivity index (χ0v) is 14.1. The third-order valence-electron chi connectivity index (χ3n) is 3.96. The van der Waals surface area contributed by atoms with Gasteiger partial charge >= 0.3 is 11.9 Å². The molecule has 8 heteroatoms. The Morgan fingerprint density at radius 3 is 2.64 bits per heavy atom. The van der Waals surface area contributed by atoms with Crippen LogP contribution in [0.4, 0.5) is 5.69 Å². The Kier molecular flexibility index (Phi) is 4.99. The fraction of sp³-hybridized carbons (Fsp3) is 0.353. The highest BCUT2D eigenvalue weighted by Gasteiger charge is 2.33. The minimum absolute atomic E-state index is 0.0189. The Labute approximate surface area is 145 Å². The first kappa shape index (κ1) is 17.0. The second-order valence-electron chi connectivity index (χ2n) is 5.39. The van der Waals surface area contributed by atoms with E-state index in [4.69, 9.17) is 14.2 Å². The van der Waals surface area contributed by atoms with Gasteiger partial charge in [0.1, 0.15) is 18.3 Å². The summed E-state index contributed by atoms with van der Waals surface area (Å²) in [5.41, 5.74) is 1.75. The van der Waals surface area contributed by atoms with Crippen LogP contribution in [0.2, 0.25) is 0 Å². The summed E-state index contributed by atoms with van der Waals surface area (Å²) < 4.78 is 15.2. The molecule has 0 saturated heterocycles. The molecule has 0 fully saturated rings. The number of carbonyl (C=O) groups excluding carboxylic acids is 2. The maximum atomic E-state index is 12.4. The number of amidine groups is 1. The smallest absolute Gasteiger partial charge is 0.355 e. The first-order chi connectivity index (χ1) is 12.2. The van der Waals surface area contributed by atoms with Crippen molar-refractivity contribution in [2.45, 2.75) is 0 Å². The predicted molar refractivity (Wildman–Crippen MR) is 90.2 cm³/mol. The van der Waals surface area contributed by atoms with Crippen molar-refractivity contribution in [2.24, 2.45) is 4.99 Å². The molecule has 132 valence electrons. The largest absolute Gasteiger partial charge is 0.466 e. The van der Waals surface area contributed by atoms with Crippen molar-refractivity contribution in [3.63, 3.8) is 0 Å². The summed E-state index contributed by atoms with van der Waals surface area (Å²) in [6.07, 6.45) is 0. The number of hydrogen-bond donors (Lipinski definition) is 1. The lowest BCUT2D eigenvalue weighted by Gasteiger charge is -2.32. The summed E-state index contributed by atoms with van der Waals surface area (Å²) in [6, 6.07) is 7.46. The number of aliphatic imine (C=N–C) groups is 1. The van der Waals surface area contributed by atoms with Gasteiger partial charge in [-0.3, -0.25) is 4.99 Å². The molecular formula is C17H19N3O5. The van der Waals surface area contributed by atoms with Gasteiger partial charge in [0.05, 0.1) is 38.6 Å². The lowest BCUT2D eigenvalue weighted by molar-refractivity contribution is -0.140. The van der Waals surface area contributed by atoms with Crippen LogP contribution < -0.4 is 10.2 Å². The van der Waals surface area contributed by atoms with Crippen LogP contribution in [0.15, 0.2) is 40.5 Å². The number of benzene rings is 1. The molecule has 0 radical (unpaired) electrons. The molecule has 0 unspecified atom stereocenters. The van der Waals surface area contributed by atoms with Gasteiger partial charge in [0.15, 0.2) is 0 Å². The van der Waals surface area contributed by atoms with Crippen molar-refractivity contribution in [3.8, 4) is 0 Å². The molecule has 8 nitrogen and oxygen atoms in total. The van der Waals surface area contributed by atoms with E-state index in [1.165, 1.54) is 14.2 Å². The molecular weight excluding hydrogens is 326 g/mol. The molecule has 0 spiro atoms. The second-order valence-corrected chi connectivity index (χ2v) is 5.39. The monoisotopic (exact) mass is 345 g/mol. The van der Waals surface area contributed by atoms with Crippen molar-refractivity contribution >= 4 is 23.5 Å². The number of para-hydroxylation sites is 1. The Morgan fingerprint density at radius 1 is 1.20 bits per heavy atom. The number of ether oxygens (including phenoxy) is 3. The molecule has 1 N–H and O–H groups in total. The molecule has 0 bridgehead atoms. The Morgan fingerprint density at radius 2 is 1.96 bits per heavy atom. The number of methoxy groups -OCH3 is 2. The van der Waals surface area contributed by atoms with Crippen LogP contribution in [0, 0.1) is 0 Å². The van der Waals surface area contributed by atoms with E-state index in [9.17, 15) is 9.59 Å². The zero-order chi connectivity index (χ0) is 17.8. The van der Waals surface area contributed by atoms with Crippen molar-refractivity contribution in [1.82, 2.24) is 5.32 Å². The number of esters is 2. The van der Waals surface area contributed by atoms with E-state index < -0.39 is 11.9 Å². The molecule has 0 atom stereocenters. The van der Waals surface area contributed by atoms with Gasteiger partial charge < -0.3 is 24.4 Å². The van der Waals surface area contributed by atoms with Crippen LogP contribution in [0.1, 0.15) is 5.56 Å². The highest BCUT2D eigenvalue weighted by Crippen LogP contribution is 2.30. The number of nitrogens with zero attached hydrogens (tertiary/aromatic N) is 2. The highest BCUT2D eigenvalue weighted by atomic mass is 16.5. The second kappa shape index (κ2) is 7.35. The van der Waals surface area contributed by atoms with Gasteiger partial charge in [-0.15, -0.1) is 0 Å². The number of carbonyl (C=O) groups is 2. The summed E-state index contributed by atoms with van der Waals surface area (Å²) in [5, 5.41) is 3.21. The molecule has 1 aromatic rings. The van der Waals surface area contributed by atoms with Gasteiger partial charge in [0, 0.05) is 12.1 Å². The Bertz CT molecular complexity index is 756. The number of nitrogens with one attached hydrogen (secondary N) is 1. The molecule has 2 aliphatic rings. The average molecular weight is 345 g/mol. The minimum Gasteiger partial charge on any atom is -0.466 e. The summed E-state index contributed by atoms with van der Waals surface area (Å²) >= 11 is 0. The van der Waals surface area contributed by atoms with Crippen LogP contribution in [-0.2, 0) is 23.8 Å². The van der Waals surface area contributed by atoms with E-state index >= 15 is 0 Å². The first-order valence-electron chi connectivity index (χ1n) is 7.80. The van der Waals surface area contributed by atoms with Crippen LogP contribution in [0.5, 0.6) is 0 Å². The van der Waals surface area contributed by atoms with E-state index in [0.717, 1.165) is 17.9 Å². The zero-order valence-electron chi connectivity index (χ0n) is 14.1.